The molecule has 0 aromatic heterocycles. The maximum absolute atomic E-state index is 12.2. The summed E-state index contributed by atoms with van der Waals surface area (Å²) in [6, 6.07) is 9.96. The molecular formula is C24H54O5Si4. The second kappa shape index (κ2) is 15.2. The van der Waals surface area contributed by atoms with Crippen LogP contribution in [0.25, 0.3) is 0 Å². The van der Waals surface area contributed by atoms with Crippen molar-refractivity contribution in [2.75, 3.05) is 6.61 Å². The molecule has 0 saturated carbocycles. The van der Waals surface area contributed by atoms with Crippen LogP contribution in [0.5, 0.6) is 0 Å². The summed E-state index contributed by atoms with van der Waals surface area (Å²) in [5, 5.41) is 0. The van der Waals surface area contributed by atoms with Gasteiger partial charge in [0.2, 0.25) is 0 Å². The minimum absolute atomic E-state index is 0.267. The van der Waals surface area contributed by atoms with Crippen molar-refractivity contribution in [2.45, 2.75) is 130 Å². The molecule has 0 aliphatic carbocycles. The maximum atomic E-state index is 12.2. The van der Waals surface area contributed by atoms with Crippen LogP contribution in [0, 0.1) is 0 Å². The molecule has 0 heterocycles. The predicted octanol–water partition coefficient (Wildman–Crippen LogP) is 8.11. The topological polar surface area (TPSA) is 54.0 Å². The lowest BCUT2D eigenvalue weighted by Crippen LogP contribution is -2.64. The molecule has 0 fully saturated rings. The average Bonchev–Trinajstić information content (AvgIpc) is 2.84. The van der Waals surface area contributed by atoms with Gasteiger partial charge in [0.05, 0.1) is 6.61 Å². The molecular weight excluding hydrogens is 481 g/mol. The zero-order chi connectivity index (χ0) is 25.8. The van der Waals surface area contributed by atoms with Crippen molar-refractivity contribution in [3.8, 4) is 0 Å². The Labute approximate surface area is 209 Å². The number of hydrogen-bond donors (Lipinski definition) is 0. The van der Waals surface area contributed by atoms with E-state index in [1.807, 2.05) is 0 Å². The first-order chi connectivity index (χ1) is 15.5. The van der Waals surface area contributed by atoms with E-state index < -0.39 is 33.8 Å². The quantitative estimate of drug-likeness (QED) is 0.0951. The third kappa shape index (κ3) is 9.16. The molecule has 0 bridgehead atoms. The van der Waals surface area contributed by atoms with Gasteiger partial charge in [0.25, 0.3) is 0 Å². The normalized spacial score (nSPS) is 13.3. The van der Waals surface area contributed by atoms with Gasteiger partial charge in [0.15, 0.2) is 25.0 Å². The van der Waals surface area contributed by atoms with Gasteiger partial charge in [-0.05, 0) is 61.3 Å². The van der Waals surface area contributed by atoms with E-state index in [9.17, 15) is 4.79 Å². The number of carbonyl (C=O) groups excluding carboxylic acids is 1. The van der Waals surface area contributed by atoms with Crippen LogP contribution >= 0.6 is 0 Å². The van der Waals surface area contributed by atoms with Crippen molar-refractivity contribution in [2.24, 2.45) is 0 Å². The highest BCUT2D eigenvalue weighted by molar-refractivity contribution is 6.92. The second-order valence-corrected chi connectivity index (χ2v) is 27.2. The molecule has 33 heavy (non-hydrogen) atoms. The van der Waals surface area contributed by atoms with Crippen molar-refractivity contribution in [1.82, 2.24) is 0 Å². The molecule has 0 aromatic rings. The molecule has 0 saturated heterocycles. The highest BCUT2D eigenvalue weighted by Crippen LogP contribution is 2.38. The predicted molar refractivity (Wildman–Crippen MR) is 151 cm³/mol. The first-order valence-corrected chi connectivity index (χ1v) is 22.9. The summed E-state index contributed by atoms with van der Waals surface area (Å²) in [5.74, 6) is -0.349. The van der Waals surface area contributed by atoms with Gasteiger partial charge < -0.3 is 17.1 Å². The van der Waals surface area contributed by atoms with Crippen molar-refractivity contribution < 1.29 is 21.9 Å². The SMILES string of the molecule is C=C(C)C(=O)OCC[Si](O[Si](CC)(CC)CC)(O[Si](CC)(CC)CC)O[Si](CC)(CC)CC. The van der Waals surface area contributed by atoms with Crippen molar-refractivity contribution >= 4 is 39.7 Å². The van der Waals surface area contributed by atoms with Crippen LogP contribution in [-0.2, 0) is 21.9 Å². The third-order valence-electron chi connectivity index (χ3n) is 7.90. The van der Waals surface area contributed by atoms with E-state index in [0.717, 1.165) is 54.4 Å². The van der Waals surface area contributed by atoms with Gasteiger partial charge >= 0.3 is 14.8 Å². The Hall–Kier alpha value is -0.0425. The van der Waals surface area contributed by atoms with Crippen molar-refractivity contribution in [3.63, 3.8) is 0 Å². The largest absolute Gasteiger partial charge is 0.473 e. The number of carbonyl (C=O) groups is 1. The van der Waals surface area contributed by atoms with Crippen LogP contribution in [0.4, 0.5) is 0 Å². The lowest BCUT2D eigenvalue weighted by molar-refractivity contribution is -0.138. The smallest absolute Gasteiger partial charge is 0.462 e. The zero-order valence-electron chi connectivity index (χ0n) is 23.5. The highest BCUT2D eigenvalue weighted by atomic mass is 28.5. The Morgan fingerprint density at radius 1 is 0.606 bits per heavy atom. The first-order valence-electron chi connectivity index (χ1n) is 13.4. The summed E-state index contributed by atoms with van der Waals surface area (Å²) >= 11 is 0. The molecule has 0 aliphatic heterocycles. The fourth-order valence-corrected chi connectivity index (χ4v) is 25.3. The molecule has 0 atom stereocenters. The van der Waals surface area contributed by atoms with Crippen molar-refractivity contribution in [1.29, 1.82) is 0 Å². The van der Waals surface area contributed by atoms with E-state index in [2.05, 4.69) is 68.9 Å². The van der Waals surface area contributed by atoms with Crippen LogP contribution in [0.2, 0.25) is 60.4 Å². The van der Waals surface area contributed by atoms with E-state index in [4.69, 9.17) is 17.1 Å². The zero-order valence-corrected chi connectivity index (χ0v) is 27.5. The molecule has 196 valence electrons. The Bertz CT molecular complexity index is 508. The Kier molecular flexibility index (Phi) is 15.1. The Morgan fingerprint density at radius 2 is 0.879 bits per heavy atom. The first kappa shape index (κ1) is 33.0. The van der Waals surface area contributed by atoms with Crippen molar-refractivity contribution in [3.05, 3.63) is 12.2 Å². The molecule has 0 N–H and O–H groups in total. The van der Waals surface area contributed by atoms with E-state index in [1.54, 1.807) is 6.92 Å². The third-order valence-corrected chi connectivity index (χ3v) is 29.2. The van der Waals surface area contributed by atoms with E-state index in [1.165, 1.54) is 0 Å². The second-order valence-electron chi connectivity index (χ2n) is 9.39. The summed E-state index contributed by atoms with van der Waals surface area (Å²) in [5.41, 5.74) is 0.420. The Morgan fingerprint density at radius 3 is 1.09 bits per heavy atom. The molecule has 9 heteroatoms. The number of ether oxygens (including phenoxy) is 1. The molecule has 0 spiro atoms. The minimum Gasteiger partial charge on any atom is -0.462 e. The van der Waals surface area contributed by atoms with Crippen LogP contribution in [0.1, 0.15) is 69.2 Å². The molecule has 0 rings (SSSR count). The summed E-state index contributed by atoms with van der Waals surface area (Å²) < 4.78 is 27.6. The Balaban J connectivity index is 6.62. The van der Waals surface area contributed by atoms with E-state index in [-0.39, 0.29) is 12.6 Å². The maximum Gasteiger partial charge on any atom is 0.473 e. The number of rotatable bonds is 19. The highest BCUT2D eigenvalue weighted by Gasteiger charge is 2.55. The van der Waals surface area contributed by atoms with E-state index in [0.29, 0.717) is 11.6 Å². The number of esters is 1. The van der Waals surface area contributed by atoms with Crippen LogP contribution in [0.3, 0.4) is 0 Å². The fraction of sp³-hybridized carbons (Fsp3) is 0.875. The lowest BCUT2D eigenvalue weighted by atomic mass is 10.4. The summed E-state index contributed by atoms with van der Waals surface area (Å²) in [7, 11) is -9.20. The van der Waals surface area contributed by atoms with Crippen LogP contribution in [-0.4, -0.2) is 46.3 Å². The van der Waals surface area contributed by atoms with Crippen LogP contribution in [0.15, 0.2) is 12.2 Å². The van der Waals surface area contributed by atoms with E-state index >= 15 is 0 Å². The molecule has 0 unspecified atom stereocenters. The lowest BCUT2D eigenvalue weighted by Gasteiger charge is -2.48. The molecule has 0 aliphatic rings. The molecule has 0 radical (unpaired) electrons. The summed E-state index contributed by atoms with van der Waals surface area (Å²) in [6.07, 6.45) is 0. The van der Waals surface area contributed by atoms with Gasteiger partial charge in [-0.2, -0.15) is 0 Å². The molecule has 0 amide bonds. The van der Waals surface area contributed by atoms with Gasteiger partial charge in [-0.15, -0.1) is 0 Å². The monoisotopic (exact) mass is 534 g/mol. The average molecular weight is 535 g/mol. The molecule has 0 aromatic carbocycles. The van der Waals surface area contributed by atoms with Gasteiger partial charge in [-0.1, -0.05) is 68.9 Å². The summed E-state index contributed by atoms with van der Waals surface area (Å²) in [6.45, 7) is 26.0. The fourth-order valence-electron chi connectivity index (χ4n) is 4.50. The van der Waals surface area contributed by atoms with Gasteiger partial charge in [-0.25, -0.2) is 4.79 Å². The summed E-state index contributed by atoms with van der Waals surface area (Å²) in [4.78, 5) is 12.2. The van der Waals surface area contributed by atoms with Gasteiger partial charge in [0.1, 0.15) is 0 Å². The van der Waals surface area contributed by atoms with Gasteiger partial charge in [0, 0.05) is 11.6 Å². The van der Waals surface area contributed by atoms with Crippen LogP contribution < -0.4 is 0 Å². The minimum atomic E-state index is -3.11. The van der Waals surface area contributed by atoms with Gasteiger partial charge in [-0.3, -0.25) is 0 Å². The molecule has 5 nitrogen and oxygen atoms in total. The standard InChI is InChI=1S/C24H54O5Si4/c1-12-30(13-2,14-3)27-33(22-21-26-24(25)23(10)11,28-31(15-4,16-5)17-6)29-32(18-7,19-8)20-9/h10,12-22H2,1-9,11H3. The number of hydrogen-bond acceptors (Lipinski definition) is 5.